The average molecular weight is 237 g/mol. The Morgan fingerprint density at radius 1 is 1.41 bits per heavy atom. The Labute approximate surface area is 96.4 Å². The topological polar surface area (TPSA) is 83.9 Å². The summed E-state index contributed by atoms with van der Waals surface area (Å²) in [5.41, 5.74) is 6.62. The van der Waals surface area contributed by atoms with Crippen LogP contribution in [-0.2, 0) is 6.54 Å². The van der Waals surface area contributed by atoms with Crippen LogP contribution in [0.1, 0.15) is 5.56 Å². The number of hydrogen-bond acceptors (Lipinski definition) is 3. The third-order valence-corrected chi connectivity index (χ3v) is 2.52. The first-order chi connectivity index (χ1) is 8.17. The summed E-state index contributed by atoms with van der Waals surface area (Å²) in [6.07, 6.45) is 0. The number of aromatic amines is 2. The summed E-state index contributed by atoms with van der Waals surface area (Å²) in [5.74, 6) is -0.337. The number of aromatic nitrogens is 2. The van der Waals surface area contributed by atoms with Gasteiger partial charge < -0.3 is 10.5 Å². The number of nitrogens with two attached hydrogens (primary N) is 1. The fourth-order valence-corrected chi connectivity index (χ4v) is 1.65. The van der Waals surface area contributed by atoms with Gasteiger partial charge in [-0.2, -0.15) is 0 Å². The zero-order valence-electron chi connectivity index (χ0n) is 9.21. The van der Waals surface area contributed by atoms with Gasteiger partial charge in [0.05, 0.1) is 18.4 Å². The predicted molar refractivity (Wildman–Crippen MR) is 61.3 cm³/mol. The average Bonchev–Trinajstić information content (AvgIpc) is 2.70. The number of hydrogen-bond donors (Lipinski definition) is 3. The number of rotatable bonds is 3. The van der Waals surface area contributed by atoms with Gasteiger partial charge in [-0.15, -0.1) is 0 Å². The summed E-state index contributed by atoms with van der Waals surface area (Å²) < 4.78 is 18.3. The van der Waals surface area contributed by atoms with Crippen molar-refractivity contribution in [1.29, 1.82) is 0 Å². The fourth-order valence-electron chi connectivity index (χ4n) is 1.65. The van der Waals surface area contributed by atoms with E-state index in [1.54, 1.807) is 6.07 Å². The molecule has 1 aromatic carbocycles. The Morgan fingerprint density at radius 2 is 2.18 bits per heavy atom. The van der Waals surface area contributed by atoms with Gasteiger partial charge in [0.25, 0.3) is 5.56 Å². The van der Waals surface area contributed by atoms with E-state index < -0.39 is 5.82 Å². The molecule has 6 heteroatoms. The summed E-state index contributed by atoms with van der Waals surface area (Å²) >= 11 is 0. The molecule has 0 atom stereocenters. The number of benzene rings is 1. The number of methoxy groups -OCH3 is 1. The van der Waals surface area contributed by atoms with Crippen LogP contribution in [0.3, 0.4) is 0 Å². The molecule has 0 radical (unpaired) electrons. The molecule has 0 bridgehead atoms. The molecule has 5 nitrogen and oxygen atoms in total. The van der Waals surface area contributed by atoms with Crippen molar-refractivity contribution >= 4 is 0 Å². The standard InChI is InChI=1S/C11H12FN3O2/c1-17-9-3-2-6(4-8(9)12)10-7(5-13)11(16)15-14-10/h2-4H,5,13H2,1H3,(H2,14,15,16). The van der Waals surface area contributed by atoms with E-state index in [1.807, 2.05) is 0 Å². The minimum absolute atomic E-state index is 0.0851. The van der Waals surface area contributed by atoms with Crippen molar-refractivity contribution in [2.24, 2.45) is 5.73 Å². The Morgan fingerprint density at radius 3 is 2.76 bits per heavy atom. The lowest BCUT2D eigenvalue weighted by atomic mass is 10.1. The van der Waals surface area contributed by atoms with Gasteiger partial charge >= 0.3 is 0 Å². The van der Waals surface area contributed by atoms with Crippen LogP contribution in [0.2, 0.25) is 0 Å². The highest BCUT2D eigenvalue weighted by molar-refractivity contribution is 5.63. The summed E-state index contributed by atoms with van der Waals surface area (Å²) in [7, 11) is 1.39. The van der Waals surface area contributed by atoms with Gasteiger partial charge in [0, 0.05) is 12.1 Å². The lowest BCUT2D eigenvalue weighted by molar-refractivity contribution is 0.386. The number of halogens is 1. The maximum Gasteiger partial charge on any atom is 0.269 e. The Kier molecular flexibility index (Phi) is 2.97. The molecule has 0 amide bonds. The third kappa shape index (κ3) is 1.94. The van der Waals surface area contributed by atoms with E-state index in [0.29, 0.717) is 16.8 Å². The van der Waals surface area contributed by atoms with E-state index in [1.165, 1.54) is 19.2 Å². The van der Waals surface area contributed by atoms with Gasteiger partial charge in [-0.3, -0.25) is 15.0 Å². The SMILES string of the molecule is COc1ccc(-c2[nH][nH]c(=O)c2CN)cc1F. The van der Waals surface area contributed by atoms with Crippen LogP contribution in [0.4, 0.5) is 4.39 Å². The van der Waals surface area contributed by atoms with Gasteiger partial charge in [0.2, 0.25) is 0 Å². The van der Waals surface area contributed by atoms with Crippen LogP contribution in [0.5, 0.6) is 5.75 Å². The number of H-pyrrole nitrogens is 2. The number of nitrogens with one attached hydrogen (secondary N) is 2. The van der Waals surface area contributed by atoms with Crippen molar-refractivity contribution in [2.45, 2.75) is 6.54 Å². The zero-order chi connectivity index (χ0) is 12.4. The molecule has 2 rings (SSSR count). The monoisotopic (exact) mass is 237 g/mol. The van der Waals surface area contributed by atoms with Gasteiger partial charge in [-0.1, -0.05) is 0 Å². The van der Waals surface area contributed by atoms with E-state index in [9.17, 15) is 9.18 Å². The first kappa shape index (κ1) is 11.4. The van der Waals surface area contributed by atoms with Crippen LogP contribution >= 0.6 is 0 Å². The molecular weight excluding hydrogens is 225 g/mol. The highest BCUT2D eigenvalue weighted by atomic mass is 19.1. The Bertz CT molecular complexity index is 589. The second kappa shape index (κ2) is 4.42. The van der Waals surface area contributed by atoms with Crippen molar-refractivity contribution in [3.05, 3.63) is 39.9 Å². The molecule has 0 unspecified atom stereocenters. The lowest BCUT2D eigenvalue weighted by Crippen LogP contribution is -2.10. The normalized spacial score (nSPS) is 10.5. The molecule has 0 fully saturated rings. The molecule has 90 valence electrons. The maximum absolute atomic E-state index is 13.5. The molecule has 0 spiro atoms. The minimum Gasteiger partial charge on any atom is -0.494 e. The molecule has 17 heavy (non-hydrogen) atoms. The van der Waals surface area contributed by atoms with Crippen molar-refractivity contribution in [3.63, 3.8) is 0 Å². The van der Waals surface area contributed by atoms with Crippen molar-refractivity contribution in [1.82, 2.24) is 10.2 Å². The van der Waals surface area contributed by atoms with Crippen LogP contribution in [0, 0.1) is 5.82 Å². The maximum atomic E-state index is 13.5. The summed E-state index contributed by atoms with van der Waals surface area (Å²) in [6, 6.07) is 4.44. The second-order valence-electron chi connectivity index (χ2n) is 3.49. The van der Waals surface area contributed by atoms with Gasteiger partial charge in [-0.25, -0.2) is 4.39 Å². The van der Waals surface area contributed by atoms with Crippen LogP contribution in [0.25, 0.3) is 11.3 Å². The van der Waals surface area contributed by atoms with E-state index >= 15 is 0 Å². The van der Waals surface area contributed by atoms with Crippen LogP contribution < -0.4 is 16.0 Å². The molecule has 0 aliphatic carbocycles. The van der Waals surface area contributed by atoms with Crippen molar-refractivity contribution in [2.75, 3.05) is 7.11 Å². The van der Waals surface area contributed by atoms with Crippen molar-refractivity contribution in [3.8, 4) is 17.0 Å². The highest BCUT2D eigenvalue weighted by Crippen LogP contribution is 2.25. The van der Waals surface area contributed by atoms with Crippen molar-refractivity contribution < 1.29 is 9.13 Å². The lowest BCUT2D eigenvalue weighted by Gasteiger charge is -2.04. The molecule has 0 saturated heterocycles. The van der Waals surface area contributed by atoms with E-state index in [-0.39, 0.29) is 17.9 Å². The number of ether oxygens (including phenoxy) is 1. The zero-order valence-corrected chi connectivity index (χ0v) is 9.21. The van der Waals surface area contributed by atoms with E-state index in [0.717, 1.165) is 0 Å². The predicted octanol–water partition coefficient (Wildman–Crippen LogP) is 0.976. The molecule has 2 aromatic rings. The summed E-state index contributed by atoms with van der Waals surface area (Å²) in [5, 5.41) is 5.10. The Balaban J connectivity index is 2.53. The first-order valence-corrected chi connectivity index (χ1v) is 5.01. The molecule has 1 heterocycles. The minimum atomic E-state index is -0.491. The molecule has 0 aliphatic heterocycles. The second-order valence-corrected chi connectivity index (χ2v) is 3.49. The molecule has 0 aliphatic rings. The van der Waals surface area contributed by atoms with E-state index in [2.05, 4.69) is 10.2 Å². The van der Waals surface area contributed by atoms with E-state index in [4.69, 9.17) is 10.5 Å². The highest BCUT2D eigenvalue weighted by Gasteiger charge is 2.12. The smallest absolute Gasteiger partial charge is 0.269 e. The van der Waals surface area contributed by atoms with Crippen LogP contribution in [-0.4, -0.2) is 17.3 Å². The first-order valence-electron chi connectivity index (χ1n) is 5.01. The molecule has 4 N–H and O–H groups in total. The molecule has 1 aromatic heterocycles. The molecule has 0 saturated carbocycles. The van der Waals surface area contributed by atoms with Crippen LogP contribution in [0.15, 0.2) is 23.0 Å². The molecular formula is C11H12FN3O2. The third-order valence-electron chi connectivity index (χ3n) is 2.52. The van der Waals surface area contributed by atoms with Gasteiger partial charge in [0.1, 0.15) is 0 Å². The van der Waals surface area contributed by atoms with Gasteiger partial charge in [-0.05, 0) is 18.2 Å². The Hall–Kier alpha value is -2.08. The largest absolute Gasteiger partial charge is 0.494 e. The van der Waals surface area contributed by atoms with Gasteiger partial charge in [0.15, 0.2) is 11.6 Å². The fraction of sp³-hybridized carbons (Fsp3) is 0.182. The summed E-state index contributed by atoms with van der Waals surface area (Å²) in [6.45, 7) is 0.0851. The quantitative estimate of drug-likeness (QED) is 0.743. The summed E-state index contributed by atoms with van der Waals surface area (Å²) in [4.78, 5) is 11.4.